The Labute approximate surface area is 160 Å². The highest BCUT2D eigenvalue weighted by atomic mass is 32.1. The van der Waals surface area contributed by atoms with Crippen molar-refractivity contribution < 1.29 is 14.0 Å². The van der Waals surface area contributed by atoms with Crippen LogP contribution >= 0.6 is 12.2 Å². The number of halogens is 1. The van der Waals surface area contributed by atoms with Crippen LogP contribution in [0.1, 0.15) is 30.1 Å². The third-order valence-corrected chi connectivity index (χ3v) is 5.48. The normalized spacial score (nSPS) is 19.3. The highest BCUT2D eigenvalue weighted by Crippen LogP contribution is 2.21. The molecule has 1 unspecified atom stereocenters. The molecule has 1 saturated carbocycles. The van der Waals surface area contributed by atoms with E-state index in [1.807, 2.05) is 6.92 Å². The molecule has 0 bridgehead atoms. The molecule has 1 aromatic heterocycles. The number of hydrogen-bond donors (Lipinski definition) is 3. The van der Waals surface area contributed by atoms with Crippen molar-refractivity contribution in [1.29, 1.82) is 0 Å². The van der Waals surface area contributed by atoms with Gasteiger partial charge in [0.15, 0.2) is 4.77 Å². The second kappa shape index (κ2) is 7.05. The highest BCUT2D eigenvalue weighted by molar-refractivity contribution is 7.71. The summed E-state index contributed by atoms with van der Waals surface area (Å²) in [5.74, 6) is -0.677. The van der Waals surface area contributed by atoms with Gasteiger partial charge in [-0.2, -0.15) is 0 Å². The molecule has 0 radical (unpaired) electrons. The molecular weight excluding hydrogens is 369 g/mol. The highest BCUT2D eigenvalue weighted by Gasteiger charge is 2.31. The first-order valence-electron chi connectivity index (χ1n) is 9.17. The Morgan fingerprint density at radius 2 is 1.93 bits per heavy atom. The molecule has 2 fully saturated rings. The van der Waals surface area contributed by atoms with Crippen molar-refractivity contribution in [2.75, 3.05) is 26.2 Å². The van der Waals surface area contributed by atoms with Crippen LogP contribution in [0.4, 0.5) is 4.39 Å². The smallest absolute Gasteiger partial charge is 0.256 e. The van der Waals surface area contributed by atoms with Gasteiger partial charge in [0.05, 0.1) is 22.6 Å². The largest absolute Gasteiger partial charge is 0.352 e. The number of amides is 2. The molecule has 1 aliphatic heterocycles. The van der Waals surface area contributed by atoms with Crippen LogP contribution in [-0.4, -0.2) is 69.8 Å². The van der Waals surface area contributed by atoms with Crippen molar-refractivity contribution in [1.82, 2.24) is 25.1 Å². The maximum Gasteiger partial charge on any atom is 0.256 e. The Hall–Kier alpha value is -2.26. The summed E-state index contributed by atoms with van der Waals surface area (Å²) in [7, 11) is 0. The van der Waals surface area contributed by atoms with Crippen LogP contribution in [0.2, 0.25) is 0 Å². The first kappa shape index (κ1) is 18.1. The van der Waals surface area contributed by atoms with Crippen molar-refractivity contribution >= 4 is 35.1 Å². The molecule has 3 N–H and O–H groups in total. The fraction of sp³-hybridized carbons (Fsp3) is 0.500. The molecule has 1 saturated heterocycles. The van der Waals surface area contributed by atoms with E-state index in [0.29, 0.717) is 48.0 Å². The second-order valence-corrected chi connectivity index (χ2v) is 7.65. The molecule has 2 aliphatic rings. The maximum absolute atomic E-state index is 13.9. The molecule has 7 nitrogen and oxygen atoms in total. The third-order valence-electron chi connectivity index (χ3n) is 5.27. The fourth-order valence-corrected chi connectivity index (χ4v) is 3.69. The van der Waals surface area contributed by atoms with E-state index in [2.05, 4.69) is 20.2 Å². The number of aromatic amines is 2. The molecule has 4 rings (SSSR count). The molecule has 1 aromatic carbocycles. The standard InChI is InChI=1S/C18H22FN5O2S/c1-10(16(25)20-12-2-3-12)23-4-6-24(7-5-23)17(26)13-8-11(19)9-14-15(13)22-18(27)21-14/h8-10,12H,2-7H2,1H3,(H,20,25)(H2,21,22,27). The Bertz CT molecular complexity index is 943. The number of nitrogens with one attached hydrogen (secondary N) is 3. The van der Waals surface area contributed by atoms with Crippen LogP contribution in [0.3, 0.4) is 0 Å². The molecule has 9 heteroatoms. The summed E-state index contributed by atoms with van der Waals surface area (Å²) < 4.78 is 14.3. The number of piperazine rings is 1. The number of carbonyl (C=O) groups excluding carboxylic acids is 2. The molecule has 27 heavy (non-hydrogen) atoms. The summed E-state index contributed by atoms with van der Waals surface area (Å²) in [6.07, 6.45) is 2.12. The lowest BCUT2D eigenvalue weighted by atomic mass is 10.1. The summed E-state index contributed by atoms with van der Waals surface area (Å²) in [6.45, 7) is 4.08. The van der Waals surface area contributed by atoms with E-state index in [1.54, 1.807) is 4.90 Å². The molecule has 2 heterocycles. The van der Waals surface area contributed by atoms with Gasteiger partial charge >= 0.3 is 0 Å². The topological polar surface area (TPSA) is 84.2 Å². The molecular formula is C18H22FN5O2S. The first-order valence-corrected chi connectivity index (χ1v) is 9.58. The van der Waals surface area contributed by atoms with Crippen molar-refractivity contribution in [3.8, 4) is 0 Å². The lowest BCUT2D eigenvalue weighted by Gasteiger charge is -2.37. The molecule has 144 valence electrons. The van der Waals surface area contributed by atoms with Crippen LogP contribution in [-0.2, 0) is 4.79 Å². The summed E-state index contributed by atoms with van der Waals surface area (Å²) in [6, 6.07) is 2.67. The Balaban J connectivity index is 1.44. The number of carbonyl (C=O) groups is 2. The zero-order valence-corrected chi connectivity index (χ0v) is 15.9. The van der Waals surface area contributed by atoms with E-state index < -0.39 is 5.82 Å². The van der Waals surface area contributed by atoms with Crippen LogP contribution in [0, 0.1) is 10.6 Å². The minimum atomic E-state index is -0.486. The summed E-state index contributed by atoms with van der Waals surface area (Å²) in [5.41, 5.74) is 1.27. The van der Waals surface area contributed by atoms with E-state index in [0.717, 1.165) is 12.8 Å². The van der Waals surface area contributed by atoms with Gasteiger partial charge in [0.25, 0.3) is 5.91 Å². The summed E-state index contributed by atoms with van der Waals surface area (Å²) in [4.78, 5) is 34.7. The summed E-state index contributed by atoms with van der Waals surface area (Å²) >= 11 is 5.06. The molecule has 2 aromatic rings. The monoisotopic (exact) mass is 391 g/mol. The van der Waals surface area contributed by atoms with Gasteiger partial charge in [-0.05, 0) is 44.1 Å². The Morgan fingerprint density at radius 1 is 1.22 bits per heavy atom. The van der Waals surface area contributed by atoms with Crippen molar-refractivity contribution in [2.45, 2.75) is 31.8 Å². The van der Waals surface area contributed by atoms with Crippen molar-refractivity contribution in [3.63, 3.8) is 0 Å². The van der Waals surface area contributed by atoms with Gasteiger partial charge in [-0.3, -0.25) is 14.5 Å². The van der Waals surface area contributed by atoms with E-state index in [4.69, 9.17) is 12.2 Å². The Kier molecular flexibility index (Phi) is 4.73. The van der Waals surface area contributed by atoms with E-state index >= 15 is 0 Å². The van der Waals surface area contributed by atoms with Crippen molar-refractivity contribution in [3.05, 3.63) is 28.3 Å². The van der Waals surface area contributed by atoms with Crippen molar-refractivity contribution in [2.24, 2.45) is 0 Å². The zero-order valence-electron chi connectivity index (χ0n) is 15.0. The van der Waals surface area contributed by atoms with Gasteiger partial charge < -0.3 is 20.2 Å². The molecule has 2 amide bonds. The van der Waals surface area contributed by atoms with E-state index in [1.165, 1.54) is 12.1 Å². The van der Waals surface area contributed by atoms with Crippen LogP contribution in [0.15, 0.2) is 12.1 Å². The SMILES string of the molecule is CC(C(=O)NC1CC1)N1CCN(C(=O)c2cc(F)cc3[nH]c(=S)[nH]c23)CC1. The third kappa shape index (κ3) is 3.74. The predicted octanol–water partition coefficient (Wildman–Crippen LogP) is 1.79. The Morgan fingerprint density at radius 3 is 2.59 bits per heavy atom. The van der Waals surface area contributed by atoms with Gasteiger partial charge in [-0.25, -0.2) is 4.39 Å². The number of benzene rings is 1. The first-order chi connectivity index (χ1) is 12.9. The summed E-state index contributed by atoms with van der Waals surface area (Å²) in [5, 5.41) is 3.02. The van der Waals surface area contributed by atoms with E-state index in [-0.39, 0.29) is 23.4 Å². The van der Waals surface area contributed by atoms with Gasteiger partial charge in [0.2, 0.25) is 5.91 Å². The van der Waals surface area contributed by atoms with Crippen LogP contribution in [0.25, 0.3) is 11.0 Å². The van der Waals surface area contributed by atoms with Gasteiger partial charge in [0.1, 0.15) is 5.82 Å². The maximum atomic E-state index is 13.9. The number of aromatic nitrogens is 2. The number of hydrogen-bond acceptors (Lipinski definition) is 4. The second-order valence-electron chi connectivity index (χ2n) is 7.24. The minimum Gasteiger partial charge on any atom is -0.352 e. The quantitative estimate of drug-likeness (QED) is 0.694. The lowest BCUT2D eigenvalue weighted by molar-refractivity contribution is -0.126. The average molecular weight is 391 g/mol. The lowest BCUT2D eigenvalue weighted by Crippen LogP contribution is -2.55. The van der Waals surface area contributed by atoms with Crippen LogP contribution in [0.5, 0.6) is 0 Å². The average Bonchev–Trinajstić information content (AvgIpc) is 3.38. The molecule has 0 spiro atoms. The van der Waals surface area contributed by atoms with Gasteiger partial charge in [-0.15, -0.1) is 0 Å². The fourth-order valence-electron chi connectivity index (χ4n) is 3.47. The number of nitrogens with zero attached hydrogens (tertiary/aromatic N) is 2. The zero-order chi connectivity index (χ0) is 19.1. The number of fused-ring (bicyclic) bond motifs is 1. The van der Waals surface area contributed by atoms with E-state index in [9.17, 15) is 14.0 Å². The predicted molar refractivity (Wildman–Crippen MR) is 102 cm³/mol. The number of H-pyrrole nitrogens is 2. The number of imidazole rings is 1. The van der Waals surface area contributed by atoms with Gasteiger partial charge in [-0.1, -0.05) is 0 Å². The van der Waals surface area contributed by atoms with Crippen LogP contribution < -0.4 is 5.32 Å². The minimum absolute atomic E-state index is 0.0454. The molecule has 1 aliphatic carbocycles. The number of rotatable bonds is 4. The molecule has 1 atom stereocenters. The van der Waals surface area contributed by atoms with Gasteiger partial charge in [0, 0.05) is 32.2 Å².